The number of carbonyl (C=O) groups is 1. The van der Waals surface area contributed by atoms with Gasteiger partial charge in [-0.3, -0.25) is 0 Å². The Kier molecular flexibility index (Phi) is 16.1. The standard InChI is InChI=1S/C42H68N2O2/c1-8-9-10-11-12-13-14-15-16-17-18-19-20-21-30-46-40(45)44-37-31-38(43-32-37)39(33-22-26-35(27-23-33)41(2,3)4)34-24-28-36(29-25-34)42(5,6)7/h22-29,37-39,43H,8-21,30-32H2,1-7H3,(H,44,45)/t37-,38-/m1/s1. The molecule has 0 spiro atoms. The molecule has 2 N–H and O–H groups in total. The second-order valence-corrected chi connectivity index (χ2v) is 16.0. The molecule has 3 rings (SSSR count). The van der Waals surface area contributed by atoms with Crippen molar-refractivity contribution in [1.82, 2.24) is 10.6 Å². The van der Waals surface area contributed by atoms with Crippen molar-refractivity contribution >= 4 is 6.09 Å². The lowest BCUT2D eigenvalue weighted by Gasteiger charge is -2.27. The third-order valence-corrected chi connectivity index (χ3v) is 9.89. The highest BCUT2D eigenvalue weighted by Gasteiger charge is 2.34. The second-order valence-electron chi connectivity index (χ2n) is 16.0. The number of amides is 1. The van der Waals surface area contributed by atoms with Gasteiger partial charge in [-0.25, -0.2) is 4.79 Å². The summed E-state index contributed by atoms with van der Waals surface area (Å²) in [6.07, 6.45) is 19.2. The lowest BCUT2D eigenvalue weighted by atomic mass is 9.80. The van der Waals surface area contributed by atoms with Crippen molar-refractivity contribution in [2.45, 2.75) is 174 Å². The van der Waals surface area contributed by atoms with E-state index in [9.17, 15) is 4.79 Å². The molecule has 0 bridgehead atoms. The van der Waals surface area contributed by atoms with Crippen LogP contribution in [0, 0.1) is 0 Å². The SMILES string of the molecule is CCCCCCCCCCCCCCCCOC(=O)N[C@H]1CN[C@@H](C(c2ccc(C(C)(C)C)cc2)c2ccc(C(C)(C)C)cc2)C1. The summed E-state index contributed by atoms with van der Waals surface area (Å²) in [7, 11) is 0. The molecule has 1 saturated heterocycles. The molecule has 0 aliphatic carbocycles. The van der Waals surface area contributed by atoms with Gasteiger partial charge in [0.05, 0.1) is 6.61 Å². The Balaban J connectivity index is 1.39. The van der Waals surface area contributed by atoms with Crippen molar-refractivity contribution in [2.75, 3.05) is 13.2 Å². The number of nitrogens with one attached hydrogen (secondary N) is 2. The number of rotatable bonds is 19. The highest BCUT2D eigenvalue weighted by molar-refractivity contribution is 5.67. The van der Waals surface area contributed by atoms with Gasteiger partial charge in [0.25, 0.3) is 0 Å². The van der Waals surface area contributed by atoms with Crippen LogP contribution in [0.5, 0.6) is 0 Å². The number of hydrogen-bond donors (Lipinski definition) is 2. The van der Waals surface area contributed by atoms with Gasteiger partial charge in [-0.1, -0.05) is 180 Å². The minimum atomic E-state index is -0.275. The molecule has 1 heterocycles. The molecule has 1 fully saturated rings. The number of ether oxygens (including phenoxy) is 1. The van der Waals surface area contributed by atoms with E-state index in [4.69, 9.17) is 4.74 Å². The van der Waals surface area contributed by atoms with Crippen LogP contribution < -0.4 is 10.6 Å². The van der Waals surface area contributed by atoms with E-state index in [1.807, 2.05) is 0 Å². The maximum Gasteiger partial charge on any atom is 0.407 e. The molecular formula is C42H68N2O2. The topological polar surface area (TPSA) is 50.4 Å². The summed E-state index contributed by atoms with van der Waals surface area (Å²) in [4.78, 5) is 12.7. The first-order valence-electron chi connectivity index (χ1n) is 18.9. The molecule has 4 heteroatoms. The van der Waals surface area contributed by atoms with Gasteiger partial charge in [0.2, 0.25) is 0 Å². The molecule has 1 amide bonds. The molecule has 2 aromatic carbocycles. The molecule has 4 nitrogen and oxygen atoms in total. The average Bonchev–Trinajstić information content (AvgIpc) is 3.46. The van der Waals surface area contributed by atoms with Gasteiger partial charge in [-0.05, 0) is 45.9 Å². The van der Waals surface area contributed by atoms with E-state index in [-0.39, 0.29) is 34.9 Å². The summed E-state index contributed by atoms with van der Waals surface area (Å²) in [5.74, 6) is 0.210. The minimum Gasteiger partial charge on any atom is -0.450 e. The Morgan fingerprint density at radius 1 is 0.696 bits per heavy atom. The fourth-order valence-electron chi connectivity index (χ4n) is 6.84. The Morgan fingerprint density at radius 2 is 1.11 bits per heavy atom. The second kappa shape index (κ2) is 19.5. The summed E-state index contributed by atoms with van der Waals surface area (Å²) in [6.45, 7) is 17.1. The highest BCUT2D eigenvalue weighted by atomic mass is 16.5. The maximum absolute atomic E-state index is 12.7. The van der Waals surface area contributed by atoms with E-state index in [1.165, 1.54) is 99.3 Å². The quantitative estimate of drug-likeness (QED) is 0.152. The van der Waals surface area contributed by atoms with Gasteiger partial charge >= 0.3 is 6.09 Å². The van der Waals surface area contributed by atoms with Crippen LogP contribution in [0.15, 0.2) is 48.5 Å². The van der Waals surface area contributed by atoms with Gasteiger partial charge < -0.3 is 15.4 Å². The third kappa shape index (κ3) is 13.4. The molecular weight excluding hydrogens is 564 g/mol. The first kappa shape index (κ1) is 38.1. The average molecular weight is 633 g/mol. The summed E-state index contributed by atoms with van der Waals surface area (Å²) in [6, 6.07) is 18.6. The van der Waals surface area contributed by atoms with Gasteiger partial charge in [0.15, 0.2) is 0 Å². The van der Waals surface area contributed by atoms with Crippen LogP contribution in [0.1, 0.15) is 173 Å². The molecule has 0 unspecified atom stereocenters. The van der Waals surface area contributed by atoms with Crippen molar-refractivity contribution in [3.8, 4) is 0 Å². The number of benzene rings is 2. The van der Waals surface area contributed by atoms with E-state index >= 15 is 0 Å². The van der Waals surface area contributed by atoms with E-state index < -0.39 is 0 Å². The molecule has 2 aromatic rings. The predicted octanol–water partition coefficient (Wildman–Crippen LogP) is 11.4. The van der Waals surface area contributed by atoms with Crippen molar-refractivity contribution in [2.24, 2.45) is 0 Å². The van der Waals surface area contributed by atoms with E-state index in [0.29, 0.717) is 6.61 Å². The van der Waals surface area contributed by atoms with E-state index in [1.54, 1.807) is 0 Å². The molecule has 258 valence electrons. The zero-order valence-electron chi connectivity index (χ0n) is 30.7. The number of alkyl carbamates (subject to hydrolysis) is 1. The van der Waals surface area contributed by atoms with Gasteiger partial charge in [0.1, 0.15) is 0 Å². The molecule has 1 aliphatic heterocycles. The number of hydrogen-bond acceptors (Lipinski definition) is 3. The molecule has 1 aliphatic rings. The van der Waals surface area contributed by atoms with Crippen molar-refractivity contribution < 1.29 is 9.53 Å². The molecule has 46 heavy (non-hydrogen) atoms. The van der Waals surface area contributed by atoms with Crippen molar-refractivity contribution in [3.63, 3.8) is 0 Å². The lowest BCUT2D eigenvalue weighted by Crippen LogP contribution is -2.36. The Hall–Kier alpha value is -2.33. The summed E-state index contributed by atoms with van der Waals surface area (Å²) in [5.41, 5.74) is 5.56. The summed E-state index contributed by atoms with van der Waals surface area (Å²) < 4.78 is 5.59. The van der Waals surface area contributed by atoms with E-state index in [2.05, 4.69) is 108 Å². The zero-order valence-corrected chi connectivity index (χ0v) is 30.7. The molecule has 0 aromatic heterocycles. The Morgan fingerprint density at radius 3 is 1.52 bits per heavy atom. The Bertz CT molecular complexity index is 1050. The minimum absolute atomic E-state index is 0.0686. The smallest absolute Gasteiger partial charge is 0.407 e. The van der Waals surface area contributed by atoms with Crippen LogP contribution in [0.4, 0.5) is 4.79 Å². The lowest BCUT2D eigenvalue weighted by molar-refractivity contribution is 0.140. The summed E-state index contributed by atoms with van der Waals surface area (Å²) >= 11 is 0. The summed E-state index contributed by atoms with van der Waals surface area (Å²) in [5, 5.41) is 6.90. The van der Waals surface area contributed by atoms with Crippen LogP contribution in [0.2, 0.25) is 0 Å². The monoisotopic (exact) mass is 633 g/mol. The normalized spacial score (nSPS) is 17.0. The first-order valence-corrected chi connectivity index (χ1v) is 18.9. The van der Waals surface area contributed by atoms with Gasteiger partial charge in [-0.15, -0.1) is 0 Å². The first-order chi connectivity index (χ1) is 22.0. The molecule has 2 atom stereocenters. The molecule has 0 radical (unpaired) electrons. The van der Waals surface area contributed by atoms with Crippen LogP contribution >= 0.6 is 0 Å². The van der Waals surface area contributed by atoms with Crippen LogP contribution in [-0.2, 0) is 15.6 Å². The predicted molar refractivity (Wildman–Crippen MR) is 197 cm³/mol. The fourth-order valence-corrected chi connectivity index (χ4v) is 6.84. The van der Waals surface area contributed by atoms with Crippen LogP contribution in [0.3, 0.4) is 0 Å². The van der Waals surface area contributed by atoms with Crippen molar-refractivity contribution in [1.29, 1.82) is 0 Å². The van der Waals surface area contributed by atoms with Gasteiger partial charge in [-0.2, -0.15) is 0 Å². The highest BCUT2D eigenvalue weighted by Crippen LogP contribution is 2.35. The van der Waals surface area contributed by atoms with Crippen LogP contribution in [-0.4, -0.2) is 31.3 Å². The van der Waals surface area contributed by atoms with E-state index in [0.717, 1.165) is 25.8 Å². The Labute approximate surface area is 283 Å². The largest absolute Gasteiger partial charge is 0.450 e. The molecule has 0 saturated carbocycles. The van der Waals surface area contributed by atoms with Crippen LogP contribution in [0.25, 0.3) is 0 Å². The number of unbranched alkanes of at least 4 members (excludes halogenated alkanes) is 13. The van der Waals surface area contributed by atoms with Crippen molar-refractivity contribution in [3.05, 3.63) is 70.8 Å². The third-order valence-electron chi connectivity index (χ3n) is 9.89. The van der Waals surface area contributed by atoms with Gasteiger partial charge in [0, 0.05) is 24.5 Å². The maximum atomic E-state index is 12.7. The zero-order chi connectivity index (χ0) is 33.4. The number of carbonyl (C=O) groups excluding carboxylic acids is 1. The fraction of sp³-hybridized carbons (Fsp3) is 0.690.